The van der Waals surface area contributed by atoms with Crippen LogP contribution in [-0.4, -0.2) is 13.7 Å². The maximum atomic E-state index is 8.98. The summed E-state index contributed by atoms with van der Waals surface area (Å²) < 4.78 is 5.28. The standard InChI is InChI=1S/C13H19N3OS/c1-3-13(5-4-6-13)8-16-12-11(17-2)10(15)9(7-14)18-12/h16H,3-6,8,15H2,1-2H3. The summed E-state index contributed by atoms with van der Waals surface area (Å²) in [6.45, 7) is 3.17. The summed E-state index contributed by atoms with van der Waals surface area (Å²) in [5.74, 6) is 0.613. The Labute approximate surface area is 112 Å². The molecule has 0 atom stereocenters. The largest absolute Gasteiger partial charge is 0.492 e. The normalized spacial score (nSPS) is 16.7. The van der Waals surface area contributed by atoms with Gasteiger partial charge in [0.15, 0.2) is 5.75 Å². The highest BCUT2D eigenvalue weighted by Crippen LogP contribution is 2.46. The number of hydrogen-bond donors (Lipinski definition) is 2. The second-order valence-corrected chi connectivity index (χ2v) is 5.90. The number of nitrogens with zero attached hydrogens (tertiary/aromatic N) is 1. The smallest absolute Gasteiger partial charge is 0.177 e. The number of nitrogen functional groups attached to an aromatic ring is 1. The lowest BCUT2D eigenvalue weighted by atomic mass is 9.67. The Bertz CT molecular complexity index is 466. The summed E-state index contributed by atoms with van der Waals surface area (Å²) in [5.41, 5.74) is 6.74. The zero-order valence-electron chi connectivity index (χ0n) is 10.9. The molecule has 0 spiro atoms. The molecule has 1 aliphatic carbocycles. The zero-order chi connectivity index (χ0) is 13.2. The Kier molecular flexibility index (Phi) is 3.67. The van der Waals surface area contributed by atoms with Crippen molar-refractivity contribution in [2.45, 2.75) is 32.6 Å². The molecule has 0 radical (unpaired) electrons. The summed E-state index contributed by atoms with van der Waals surface area (Å²) in [7, 11) is 1.59. The average Bonchev–Trinajstić information content (AvgIpc) is 2.64. The van der Waals surface area contributed by atoms with Gasteiger partial charge in [-0.15, -0.1) is 11.3 Å². The number of rotatable bonds is 5. The number of nitrogens with one attached hydrogen (secondary N) is 1. The Morgan fingerprint density at radius 3 is 2.72 bits per heavy atom. The monoisotopic (exact) mass is 265 g/mol. The van der Waals surface area contributed by atoms with Crippen molar-refractivity contribution in [3.05, 3.63) is 4.88 Å². The molecule has 0 amide bonds. The Hall–Kier alpha value is -1.41. The van der Waals surface area contributed by atoms with Gasteiger partial charge < -0.3 is 15.8 Å². The molecular formula is C13H19N3OS. The number of ether oxygens (including phenoxy) is 1. The van der Waals surface area contributed by atoms with Crippen molar-refractivity contribution in [1.82, 2.24) is 0 Å². The van der Waals surface area contributed by atoms with E-state index in [9.17, 15) is 0 Å². The lowest BCUT2D eigenvalue weighted by molar-refractivity contribution is 0.145. The first-order chi connectivity index (χ1) is 8.65. The van der Waals surface area contributed by atoms with Gasteiger partial charge in [-0.25, -0.2) is 0 Å². The Balaban J connectivity index is 2.12. The molecule has 18 heavy (non-hydrogen) atoms. The van der Waals surface area contributed by atoms with Gasteiger partial charge in [-0.05, 0) is 24.7 Å². The van der Waals surface area contributed by atoms with Crippen molar-refractivity contribution in [1.29, 1.82) is 5.26 Å². The number of methoxy groups -OCH3 is 1. The van der Waals surface area contributed by atoms with Crippen molar-refractivity contribution in [3.63, 3.8) is 0 Å². The van der Waals surface area contributed by atoms with E-state index in [1.807, 2.05) is 0 Å². The zero-order valence-corrected chi connectivity index (χ0v) is 11.7. The molecule has 4 nitrogen and oxygen atoms in total. The SMILES string of the molecule is CCC1(CNc2sc(C#N)c(N)c2OC)CCC1. The van der Waals surface area contributed by atoms with Gasteiger partial charge in [-0.2, -0.15) is 5.26 Å². The third kappa shape index (κ3) is 2.13. The first-order valence-corrected chi connectivity index (χ1v) is 7.07. The molecule has 98 valence electrons. The Morgan fingerprint density at radius 1 is 1.56 bits per heavy atom. The summed E-state index contributed by atoms with van der Waals surface area (Å²) in [6, 6.07) is 2.10. The van der Waals surface area contributed by atoms with Crippen LogP contribution in [0.2, 0.25) is 0 Å². The maximum Gasteiger partial charge on any atom is 0.177 e. The van der Waals surface area contributed by atoms with Crippen LogP contribution in [0.1, 0.15) is 37.5 Å². The van der Waals surface area contributed by atoms with Crippen LogP contribution in [-0.2, 0) is 0 Å². The quantitative estimate of drug-likeness (QED) is 0.857. The molecule has 1 aromatic rings. The molecule has 1 fully saturated rings. The van der Waals surface area contributed by atoms with E-state index < -0.39 is 0 Å². The van der Waals surface area contributed by atoms with Crippen LogP contribution in [0, 0.1) is 16.7 Å². The van der Waals surface area contributed by atoms with Crippen LogP contribution in [0.4, 0.5) is 10.7 Å². The van der Waals surface area contributed by atoms with Gasteiger partial charge in [-0.3, -0.25) is 0 Å². The minimum absolute atomic E-state index is 0.427. The second-order valence-electron chi connectivity index (χ2n) is 4.88. The topological polar surface area (TPSA) is 71.1 Å². The van der Waals surface area contributed by atoms with Crippen molar-refractivity contribution >= 4 is 22.0 Å². The number of thiophene rings is 1. The molecule has 1 heterocycles. The molecule has 0 bridgehead atoms. The van der Waals surface area contributed by atoms with Crippen LogP contribution in [0.15, 0.2) is 0 Å². The van der Waals surface area contributed by atoms with Crippen LogP contribution >= 0.6 is 11.3 Å². The lowest BCUT2D eigenvalue weighted by Gasteiger charge is -2.41. The van der Waals surface area contributed by atoms with E-state index in [-0.39, 0.29) is 0 Å². The molecule has 0 unspecified atom stereocenters. The van der Waals surface area contributed by atoms with Crippen LogP contribution < -0.4 is 15.8 Å². The first kappa shape index (κ1) is 13.0. The predicted octanol–water partition coefficient (Wildman–Crippen LogP) is 3.20. The van der Waals surface area contributed by atoms with Gasteiger partial charge in [0.1, 0.15) is 21.6 Å². The fourth-order valence-electron chi connectivity index (χ4n) is 2.43. The molecule has 0 aliphatic heterocycles. The van der Waals surface area contributed by atoms with E-state index in [0.717, 1.165) is 11.5 Å². The van der Waals surface area contributed by atoms with E-state index in [1.165, 1.54) is 37.0 Å². The van der Waals surface area contributed by atoms with Gasteiger partial charge >= 0.3 is 0 Å². The van der Waals surface area contributed by atoms with Gasteiger partial charge in [0.2, 0.25) is 0 Å². The summed E-state index contributed by atoms with van der Waals surface area (Å²) in [6.07, 6.45) is 5.08. The lowest BCUT2D eigenvalue weighted by Crippen LogP contribution is -2.35. The van der Waals surface area contributed by atoms with E-state index in [2.05, 4.69) is 18.3 Å². The van der Waals surface area contributed by atoms with E-state index in [4.69, 9.17) is 15.7 Å². The van der Waals surface area contributed by atoms with Gasteiger partial charge in [0.25, 0.3) is 0 Å². The minimum Gasteiger partial charge on any atom is -0.492 e. The molecular weight excluding hydrogens is 246 g/mol. The van der Waals surface area contributed by atoms with Gasteiger partial charge in [-0.1, -0.05) is 13.3 Å². The van der Waals surface area contributed by atoms with Crippen LogP contribution in [0.3, 0.4) is 0 Å². The van der Waals surface area contributed by atoms with Crippen molar-refractivity contribution in [2.75, 3.05) is 24.7 Å². The third-order valence-corrected chi connectivity index (χ3v) is 5.04. The molecule has 0 saturated heterocycles. The molecule has 1 aliphatic rings. The maximum absolute atomic E-state index is 8.98. The summed E-state index contributed by atoms with van der Waals surface area (Å²) >= 11 is 1.37. The number of anilines is 2. The predicted molar refractivity (Wildman–Crippen MR) is 75.1 cm³/mol. The highest BCUT2D eigenvalue weighted by atomic mass is 32.1. The molecule has 1 saturated carbocycles. The average molecular weight is 265 g/mol. The van der Waals surface area contributed by atoms with Gasteiger partial charge in [0, 0.05) is 6.54 Å². The summed E-state index contributed by atoms with van der Waals surface area (Å²) in [4.78, 5) is 0.522. The van der Waals surface area contributed by atoms with Crippen molar-refractivity contribution in [2.24, 2.45) is 5.41 Å². The fraction of sp³-hybridized carbons (Fsp3) is 0.615. The number of nitriles is 1. The third-order valence-electron chi connectivity index (χ3n) is 3.99. The van der Waals surface area contributed by atoms with E-state index in [0.29, 0.717) is 21.7 Å². The van der Waals surface area contributed by atoms with Crippen molar-refractivity contribution in [3.8, 4) is 11.8 Å². The minimum atomic E-state index is 0.427. The molecule has 2 rings (SSSR count). The van der Waals surface area contributed by atoms with Gasteiger partial charge in [0.05, 0.1) is 7.11 Å². The summed E-state index contributed by atoms with van der Waals surface area (Å²) in [5, 5.41) is 13.3. The second kappa shape index (κ2) is 5.07. The highest BCUT2D eigenvalue weighted by Gasteiger charge is 2.35. The van der Waals surface area contributed by atoms with Crippen molar-refractivity contribution < 1.29 is 4.74 Å². The van der Waals surface area contributed by atoms with E-state index in [1.54, 1.807) is 7.11 Å². The van der Waals surface area contributed by atoms with E-state index >= 15 is 0 Å². The Morgan fingerprint density at radius 2 is 2.28 bits per heavy atom. The first-order valence-electron chi connectivity index (χ1n) is 6.26. The molecule has 1 aromatic heterocycles. The van der Waals surface area contributed by atoms with Crippen LogP contribution in [0.5, 0.6) is 5.75 Å². The fourth-order valence-corrected chi connectivity index (χ4v) is 3.31. The number of nitrogens with two attached hydrogens (primary N) is 1. The molecule has 3 N–H and O–H groups in total. The number of hydrogen-bond acceptors (Lipinski definition) is 5. The molecule has 5 heteroatoms. The molecule has 0 aromatic carbocycles. The highest BCUT2D eigenvalue weighted by molar-refractivity contribution is 7.17. The van der Waals surface area contributed by atoms with Crippen LogP contribution in [0.25, 0.3) is 0 Å².